The predicted octanol–water partition coefficient (Wildman–Crippen LogP) is 4.63. The van der Waals surface area contributed by atoms with Gasteiger partial charge in [0.05, 0.1) is 11.3 Å². The first-order chi connectivity index (χ1) is 8.82. The third-order valence-corrected chi connectivity index (χ3v) is 4.26. The SMILES string of the molecule is Cc1cc(Br)c(-n2c(C)cc(C(=O)O)c2C)c(Br)c1. The van der Waals surface area contributed by atoms with Gasteiger partial charge in [0.1, 0.15) is 0 Å². The summed E-state index contributed by atoms with van der Waals surface area (Å²) in [6.07, 6.45) is 0. The number of rotatable bonds is 2. The quantitative estimate of drug-likeness (QED) is 0.817. The second-order valence-corrected chi connectivity index (χ2v) is 6.21. The van der Waals surface area contributed by atoms with Crippen molar-refractivity contribution in [3.8, 4) is 5.69 Å². The first-order valence-electron chi connectivity index (χ1n) is 5.71. The van der Waals surface area contributed by atoms with Crippen molar-refractivity contribution in [1.82, 2.24) is 4.57 Å². The number of hydrogen-bond acceptors (Lipinski definition) is 1. The van der Waals surface area contributed by atoms with Crippen LogP contribution in [0.15, 0.2) is 27.1 Å². The summed E-state index contributed by atoms with van der Waals surface area (Å²) in [5.41, 5.74) is 3.99. The number of aromatic nitrogens is 1. The highest BCUT2D eigenvalue weighted by Crippen LogP contribution is 2.34. The standard InChI is InChI=1S/C14H13Br2NO2/c1-7-4-11(15)13(12(16)5-7)17-8(2)6-10(9(17)3)14(18)19/h4-6H,1-3H3,(H,18,19). The van der Waals surface area contributed by atoms with Crippen molar-refractivity contribution in [2.24, 2.45) is 0 Å². The molecule has 0 unspecified atom stereocenters. The monoisotopic (exact) mass is 385 g/mol. The number of benzene rings is 1. The molecule has 19 heavy (non-hydrogen) atoms. The van der Waals surface area contributed by atoms with E-state index in [4.69, 9.17) is 0 Å². The lowest BCUT2D eigenvalue weighted by Gasteiger charge is -2.14. The largest absolute Gasteiger partial charge is 0.478 e. The van der Waals surface area contributed by atoms with Gasteiger partial charge in [0.15, 0.2) is 0 Å². The molecule has 0 amide bonds. The number of aromatic carboxylic acids is 1. The smallest absolute Gasteiger partial charge is 0.337 e. The fourth-order valence-corrected chi connectivity index (χ4v) is 4.00. The number of nitrogens with zero attached hydrogens (tertiary/aromatic N) is 1. The van der Waals surface area contributed by atoms with E-state index in [1.807, 2.05) is 37.5 Å². The van der Waals surface area contributed by atoms with Gasteiger partial charge in [-0.15, -0.1) is 0 Å². The van der Waals surface area contributed by atoms with Crippen LogP contribution in [0.4, 0.5) is 0 Å². The molecule has 0 aliphatic rings. The van der Waals surface area contributed by atoms with Gasteiger partial charge in [0.2, 0.25) is 0 Å². The van der Waals surface area contributed by atoms with Gasteiger partial charge in [-0.25, -0.2) is 4.79 Å². The summed E-state index contributed by atoms with van der Waals surface area (Å²) in [6, 6.07) is 5.72. The molecule has 1 heterocycles. The zero-order chi connectivity index (χ0) is 14.3. The average molecular weight is 387 g/mol. The maximum absolute atomic E-state index is 11.2. The van der Waals surface area contributed by atoms with Crippen molar-refractivity contribution in [3.63, 3.8) is 0 Å². The van der Waals surface area contributed by atoms with Crippen LogP contribution in [-0.2, 0) is 0 Å². The van der Waals surface area contributed by atoms with Gasteiger partial charge >= 0.3 is 5.97 Å². The first-order valence-corrected chi connectivity index (χ1v) is 7.29. The predicted molar refractivity (Wildman–Crippen MR) is 82.3 cm³/mol. The Labute approximate surface area is 128 Å². The molecule has 5 heteroatoms. The molecule has 1 aromatic carbocycles. The Hall–Kier alpha value is -1.07. The van der Waals surface area contributed by atoms with E-state index in [0.29, 0.717) is 5.56 Å². The summed E-state index contributed by atoms with van der Waals surface area (Å²) < 4.78 is 3.80. The third-order valence-electron chi connectivity index (χ3n) is 3.05. The number of hydrogen-bond donors (Lipinski definition) is 1. The van der Waals surface area contributed by atoms with Crippen LogP contribution in [0.1, 0.15) is 27.3 Å². The summed E-state index contributed by atoms with van der Waals surface area (Å²) >= 11 is 7.10. The summed E-state index contributed by atoms with van der Waals surface area (Å²) in [7, 11) is 0. The van der Waals surface area contributed by atoms with Gasteiger partial charge in [0.25, 0.3) is 0 Å². The van der Waals surface area contributed by atoms with E-state index in [9.17, 15) is 9.90 Å². The van der Waals surface area contributed by atoms with E-state index >= 15 is 0 Å². The highest BCUT2D eigenvalue weighted by Gasteiger charge is 2.18. The van der Waals surface area contributed by atoms with E-state index < -0.39 is 5.97 Å². The number of carboxylic acid groups (broad SMARTS) is 1. The molecule has 0 atom stereocenters. The van der Waals surface area contributed by atoms with E-state index in [2.05, 4.69) is 31.9 Å². The lowest BCUT2D eigenvalue weighted by Crippen LogP contribution is -2.04. The second kappa shape index (κ2) is 5.13. The summed E-state index contributed by atoms with van der Waals surface area (Å²) in [5, 5.41) is 9.20. The number of halogens is 2. The van der Waals surface area contributed by atoms with Crippen molar-refractivity contribution in [2.45, 2.75) is 20.8 Å². The van der Waals surface area contributed by atoms with Crippen LogP contribution in [-0.4, -0.2) is 15.6 Å². The van der Waals surface area contributed by atoms with E-state index in [0.717, 1.165) is 31.6 Å². The molecule has 3 nitrogen and oxygen atoms in total. The summed E-state index contributed by atoms with van der Waals surface area (Å²) in [4.78, 5) is 11.2. The topological polar surface area (TPSA) is 42.2 Å². The molecule has 0 fully saturated rings. The van der Waals surface area contributed by atoms with Crippen LogP contribution in [0, 0.1) is 20.8 Å². The van der Waals surface area contributed by atoms with Gasteiger partial charge in [-0.2, -0.15) is 0 Å². The Morgan fingerprint density at radius 1 is 1.11 bits per heavy atom. The molecule has 0 spiro atoms. The molecule has 1 aromatic heterocycles. The Morgan fingerprint density at radius 3 is 2.05 bits per heavy atom. The Balaban J connectivity index is 2.77. The van der Waals surface area contributed by atoms with Gasteiger partial charge in [-0.1, -0.05) is 0 Å². The van der Waals surface area contributed by atoms with E-state index in [-0.39, 0.29) is 0 Å². The number of aryl methyl sites for hydroxylation is 2. The van der Waals surface area contributed by atoms with Crippen LogP contribution in [0.2, 0.25) is 0 Å². The fourth-order valence-electron chi connectivity index (χ4n) is 2.23. The molecule has 1 N–H and O–H groups in total. The molecule has 0 radical (unpaired) electrons. The lowest BCUT2D eigenvalue weighted by atomic mass is 10.2. The molecule has 0 aliphatic carbocycles. The molecular weight excluding hydrogens is 374 g/mol. The van der Waals surface area contributed by atoms with E-state index in [1.54, 1.807) is 6.07 Å². The minimum absolute atomic E-state index is 0.330. The highest BCUT2D eigenvalue weighted by atomic mass is 79.9. The lowest BCUT2D eigenvalue weighted by molar-refractivity contribution is 0.0696. The van der Waals surface area contributed by atoms with Crippen molar-refractivity contribution in [2.75, 3.05) is 0 Å². The minimum atomic E-state index is -0.904. The van der Waals surface area contributed by atoms with Gasteiger partial charge < -0.3 is 9.67 Å². The zero-order valence-corrected chi connectivity index (χ0v) is 14.0. The zero-order valence-electron chi connectivity index (χ0n) is 10.8. The molecule has 100 valence electrons. The maximum Gasteiger partial charge on any atom is 0.337 e. The van der Waals surface area contributed by atoms with Crippen LogP contribution >= 0.6 is 31.9 Å². The first kappa shape index (κ1) is 14.3. The molecule has 2 rings (SSSR count). The van der Waals surface area contributed by atoms with Crippen LogP contribution in [0.25, 0.3) is 5.69 Å². The summed E-state index contributed by atoms with van der Waals surface area (Å²) in [6.45, 7) is 5.73. The number of carbonyl (C=O) groups is 1. The average Bonchev–Trinajstić information content (AvgIpc) is 2.55. The molecule has 2 aromatic rings. The Morgan fingerprint density at radius 2 is 1.63 bits per heavy atom. The van der Waals surface area contributed by atoms with Crippen molar-refractivity contribution in [1.29, 1.82) is 0 Å². The van der Waals surface area contributed by atoms with Crippen LogP contribution in [0.5, 0.6) is 0 Å². The Kier molecular flexibility index (Phi) is 3.87. The second-order valence-electron chi connectivity index (χ2n) is 4.50. The third kappa shape index (κ3) is 2.49. The normalized spacial score (nSPS) is 10.8. The van der Waals surface area contributed by atoms with E-state index in [1.165, 1.54) is 0 Å². The maximum atomic E-state index is 11.2. The fraction of sp³-hybridized carbons (Fsp3) is 0.214. The minimum Gasteiger partial charge on any atom is -0.478 e. The summed E-state index contributed by atoms with van der Waals surface area (Å²) in [5.74, 6) is -0.904. The highest BCUT2D eigenvalue weighted by molar-refractivity contribution is 9.11. The van der Waals surface area contributed by atoms with Gasteiger partial charge in [-0.05, 0) is 76.4 Å². The van der Waals surface area contributed by atoms with Gasteiger partial charge in [-0.3, -0.25) is 0 Å². The van der Waals surface area contributed by atoms with Crippen LogP contribution in [0.3, 0.4) is 0 Å². The molecule has 0 saturated carbocycles. The molecule has 0 saturated heterocycles. The Bertz CT molecular complexity index is 651. The van der Waals surface area contributed by atoms with Gasteiger partial charge in [0, 0.05) is 20.3 Å². The van der Waals surface area contributed by atoms with Crippen molar-refractivity contribution in [3.05, 3.63) is 49.7 Å². The van der Waals surface area contributed by atoms with Crippen molar-refractivity contribution >= 4 is 37.8 Å². The van der Waals surface area contributed by atoms with Crippen LogP contribution < -0.4 is 0 Å². The van der Waals surface area contributed by atoms with Crippen molar-refractivity contribution < 1.29 is 9.90 Å². The molecular formula is C14H13Br2NO2. The molecule has 0 aliphatic heterocycles. The molecule has 0 bridgehead atoms. The number of carboxylic acids is 1.